The Morgan fingerprint density at radius 2 is 2.40 bits per heavy atom. The van der Waals surface area contributed by atoms with Gasteiger partial charge in [-0.2, -0.15) is 4.98 Å². The van der Waals surface area contributed by atoms with Gasteiger partial charge in [0.2, 0.25) is 5.95 Å². The van der Waals surface area contributed by atoms with Crippen molar-refractivity contribution in [2.75, 3.05) is 24.2 Å². The first kappa shape index (κ1) is 12.0. The molecule has 0 spiro atoms. The van der Waals surface area contributed by atoms with E-state index in [2.05, 4.69) is 15.3 Å². The fourth-order valence-corrected chi connectivity index (χ4v) is 1.26. The molecule has 0 aliphatic rings. The second kappa shape index (κ2) is 5.72. The van der Waals surface area contributed by atoms with E-state index in [4.69, 9.17) is 22.4 Å². The largest absolute Gasteiger partial charge is 0.396 e. The zero-order valence-corrected chi connectivity index (χ0v) is 9.33. The van der Waals surface area contributed by atoms with Crippen LogP contribution in [-0.4, -0.2) is 28.2 Å². The van der Waals surface area contributed by atoms with Crippen LogP contribution in [0.15, 0.2) is 6.20 Å². The Morgan fingerprint density at radius 3 is 3.07 bits per heavy atom. The lowest BCUT2D eigenvalue weighted by Gasteiger charge is -2.12. The number of aliphatic hydroxyl groups excluding tert-OH is 1. The smallest absolute Gasteiger partial charge is 0.222 e. The average Bonchev–Trinajstić information content (AvgIpc) is 2.20. The third-order valence-corrected chi connectivity index (χ3v) is 2.28. The lowest BCUT2D eigenvalue weighted by atomic mass is 10.1. The average molecular weight is 231 g/mol. The van der Waals surface area contributed by atoms with Crippen LogP contribution in [0, 0.1) is 5.92 Å². The maximum absolute atomic E-state index is 8.73. The van der Waals surface area contributed by atoms with E-state index in [0.717, 1.165) is 6.42 Å². The predicted molar refractivity (Wildman–Crippen MR) is 60.8 cm³/mol. The normalized spacial score (nSPS) is 12.5. The summed E-state index contributed by atoms with van der Waals surface area (Å²) < 4.78 is 0. The molecule has 0 saturated heterocycles. The quantitative estimate of drug-likeness (QED) is 0.707. The van der Waals surface area contributed by atoms with E-state index in [1.54, 1.807) is 0 Å². The number of hydrogen-bond donors (Lipinski definition) is 3. The van der Waals surface area contributed by atoms with E-state index in [1.165, 1.54) is 6.20 Å². The van der Waals surface area contributed by atoms with E-state index in [1.807, 2.05) is 6.92 Å². The minimum absolute atomic E-state index is 0.183. The summed E-state index contributed by atoms with van der Waals surface area (Å²) in [5, 5.41) is 12.2. The molecule has 1 aromatic heterocycles. The van der Waals surface area contributed by atoms with Gasteiger partial charge in [0, 0.05) is 13.2 Å². The number of halogens is 1. The van der Waals surface area contributed by atoms with Gasteiger partial charge >= 0.3 is 0 Å². The molecule has 0 aliphatic carbocycles. The Hall–Kier alpha value is -1.07. The monoisotopic (exact) mass is 230 g/mol. The molecule has 6 heteroatoms. The van der Waals surface area contributed by atoms with Crippen molar-refractivity contribution in [2.24, 2.45) is 5.92 Å². The van der Waals surface area contributed by atoms with Crippen molar-refractivity contribution in [3.63, 3.8) is 0 Å². The molecule has 5 nitrogen and oxygen atoms in total. The van der Waals surface area contributed by atoms with E-state index >= 15 is 0 Å². The van der Waals surface area contributed by atoms with Crippen LogP contribution in [-0.2, 0) is 0 Å². The summed E-state index contributed by atoms with van der Waals surface area (Å²) in [7, 11) is 0. The summed E-state index contributed by atoms with van der Waals surface area (Å²) in [6.45, 7) is 2.90. The highest BCUT2D eigenvalue weighted by Crippen LogP contribution is 2.18. The number of hydrogen-bond acceptors (Lipinski definition) is 5. The molecular formula is C9H15ClN4O. The number of rotatable bonds is 5. The van der Waals surface area contributed by atoms with Crippen molar-refractivity contribution in [2.45, 2.75) is 13.3 Å². The van der Waals surface area contributed by atoms with Gasteiger partial charge in [0.15, 0.2) is 0 Å². The summed E-state index contributed by atoms with van der Waals surface area (Å²) in [5.41, 5.74) is 5.43. The number of aliphatic hydroxyl groups is 1. The van der Waals surface area contributed by atoms with Gasteiger partial charge in [-0.25, -0.2) is 4.98 Å². The third kappa shape index (κ3) is 3.89. The van der Waals surface area contributed by atoms with Crippen LogP contribution in [0.1, 0.15) is 13.3 Å². The highest BCUT2D eigenvalue weighted by Gasteiger charge is 2.05. The van der Waals surface area contributed by atoms with Gasteiger partial charge in [0.1, 0.15) is 10.8 Å². The lowest BCUT2D eigenvalue weighted by Crippen LogP contribution is -2.14. The molecule has 0 bridgehead atoms. The van der Waals surface area contributed by atoms with Crippen LogP contribution in [0.4, 0.5) is 11.8 Å². The Bertz CT molecular complexity index is 321. The fourth-order valence-electron chi connectivity index (χ4n) is 1.10. The maximum atomic E-state index is 8.73. The van der Waals surface area contributed by atoms with Crippen LogP contribution in [0.5, 0.6) is 0 Å². The highest BCUT2D eigenvalue weighted by molar-refractivity contribution is 6.32. The first-order chi connectivity index (χ1) is 7.13. The topological polar surface area (TPSA) is 84.1 Å². The van der Waals surface area contributed by atoms with Crippen LogP contribution in [0.2, 0.25) is 5.02 Å². The third-order valence-electron chi connectivity index (χ3n) is 2.00. The molecule has 0 aliphatic heterocycles. The number of anilines is 2. The van der Waals surface area contributed by atoms with E-state index in [9.17, 15) is 0 Å². The Morgan fingerprint density at radius 1 is 1.67 bits per heavy atom. The first-order valence-corrected chi connectivity index (χ1v) is 5.14. The molecule has 1 aromatic rings. The minimum Gasteiger partial charge on any atom is -0.396 e. The second-order valence-electron chi connectivity index (χ2n) is 3.42. The molecule has 0 saturated carbocycles. The standard InChI is InChI=1S/C9H15ClN4O/c1-6(2-3-15)4-12-8-7(10)5-13-9(11)14-8/h5-6,15H,2-4H2,1H3,(H3,11,12,13,14). The molecule has 0 amide bonds. The molecular weight excluding hydrogens is 216 g/mol. The summed E-state index contributed by atoms with van der Waals surface area (Å²) in [4.78, 5) is 7.72. The van der Waals surface area contributed by atoms with Gasteiger partial charge in [-0.3, -0.25) is 0 Å². The minimum atomic E-state index is 0.183. The number of nitrogens with one attached hydrogen (secondary N) is 1. The molecule has 1 heterocycles. The van der Waals surface area contributed by atoms with Crippen LogP contribution >= 0.6 is 11.6 Å². The number of nitrogens with two attached hydrogens (primary N) is 1. The lowest BCUT2D eigenvalue weighted by molar-refractivity contribution is 0.266. The summed E-state index contributed by atoms with van der Waals surface area (Å²) in [6, 6.07) is 0. The first-order valence-electron chi connectivity index (χ1n) is 4.76. The van der Waals surface area contributed by atoms with Gasteiger partial charge in [0.05, 0.1) is 6.20 Å². The SMILES string of the molecule is CC(CCO)CNc1nc(N)ncc1Cl. The Labute approximate surface area is 93.7 Å². The molecule has 1 unspecified atom stereocenters. The molecule has 15 heavy (non-hydrogen) atoms. The zero-order chi connectivity index (χ0) is 11.3. The van der Waals surface area contributed by atoms with Crippen molar-refractivity contribution >= 4 is 23.4 Å². The summed E-state index contributed by atoms with van der Waals surface area (Å²) in [6.07, 6.45) is 2.20. The van der Waals surface area contributed by atoms with Crippen LogP contribution in [0.3, 0.4) is 0 Å². The summed E-state index contributed by atoms with van der Waals surface area (Å²) in [5.74, 6) is 1.08. The van der Waals surface area contributed by atoms with E-state index < -0.39 is 0 Å². The molecule has 84 valence electrons. The van der Waals surface area contributed by atoms with Crippen molar-refractivity contribution in [1.29, 1.82) is 0 Å². The number of aromatic nitrogens is 2. The second-order valence-corrected chi connectivity index (χ2v) is 3.83. The zero-order valence-electron chi connectivity index (χ0n) is 8.57. The highest BCUT2D eigenvalue weighted by atomic mass is 35.5. The molecule has 0 fully saturated rings. The van der Waals surface area contributed by atoms with Crippen LogP contribution < -0.4 is 11.1 Å². The molecule has 1 atom stereocenters. The van der Waals surface area contributed by atoms with E-state index in [-0.39, 0.29) is 12.6 Å². The molecule has 4 N–H and O–H groups in total. The Kier molecular flexibility index (Phi) is 4.58. The van der Waals surface area contributed by atoms with Crippen molar-refractivity contribution < 1.29 is 5.11 Å². The van der Waals surface area contributed by atoms with Crippen LogP contribution in [0.25, 0.3) is 0 Å². The predicted octanol–water partition coefficient (Wildman–Crippen LogP) is 1.14. The van der Waals surface area contributed by atoms with Gasteiger partial charge in [-0.1, -0.05) is 18.5 Å². The fraction of sp³-hybridized carbons (Fsp3) is 0.556. The van der Waals surface area contributed by atoms with Gasteiger partial charge in [0.25, 0.3) is 0 Å². The van der Waals surface area contributed by atoms with Gasteiger partial charge < -0.3 is 16.2 Å². The van der Waals surface area contributed by atoms with Gasteiger partial charge in [-0.05, 0) is 12.3 Å². The number of nitrogens with zero attached hydrogens (tertiary/aromatic N) is 2. The molecule has 0 aromatic carbocycles. The Balaban J connectivity index is 2.53. The van der Waals surface area contributed by atoms with E-state index in [0.29, 0.717) is 23.3 Å². The molecule has 1 rings (SSSR count). The molecule has 0 radical (unpaired) electrons. The maximum Gasteiger partial charge on any atom is 0.222 e. The van der Waals surface area contributed by atoms with Gasteiger partial charge in [-0.15, -0.1) is 0 Å². The van der Waals surface area contributed by atoms with Crippen molar-refractivity contribution in [3.8, 4) is 0 Å². The summed E-state index contributed by atoms with van der Waals surface area (Å²) >= 11 is 5.86. The van der Waals surface area contributed by atoms with Crippen molar-refractivity contribution in [3.05, 3.63) is 11.2 Å². The van der Waals surface area contributed by atoms with Crippen molar-refractivity contribution in [1.82, 2.24) is 9.97 Å². The number of nitrogen functional groups attached to an aromatic ring is 1.